The number of esters is 1. The predicted molar refractivity (Wildman–Crippen MR) is 60.7 cm³/mol. The molecule has 0 amide bonds. The lowest BCUT2D eigenvalue weighted by Gasteiger charge is -2.29. The molecule has 0 saturated carbocycles. The van der Waals surface area contributed by atoms with E-state index in [0.29, 0.717) is 25.1 Å². The van der Waals surface area contributed by atoms with E-state index >= 15 is 0 Å². The normalized spacial score (nSPS) is 24.1. The Balaban J connectivity index is 2.38. The summed E-state index contributed by atoms with van der Waals surface area (Å²) in [7, 11) is 0. The fourth-order valence-corrected chi connectivity index (χ4v) is 2.46. The fourth-order valence-electron chi connectivity index (χ4n) is 2.46. The van der Waals surface area contributed by atoms with Crippen molar-refractivity contribution < 1.29 is 9.53 Å². The molecule has 0 aromatic heterocycles. The van der Waals surface area contributed by atoms with Crippen molar-refractivity contribution in [3.63, 3.8) is 0 Å². The molecule has 1 aliphatic heterocycles. The molecule has 3 nitrogen and oxygen atoms in total. The molecule has 0 radical (unpaired) electrons. The maximum atomic E-state index is 11.4. The second-order valence-electron chi connectivity index (χ2n) is 4.30. The molecular weight excluding hydrogens is 190 g/mol. The number of nitrogens with zero attached hydrogens (tertiary/aromatic N) is 1. The summed E-state index contributed by atoms with van der Waals surface area (Å²) < 4.78 is 4.98. The van der Waals surface area contributed by atoms with E-state index in [0.717, 1.165) is 6.54 Å². The maximum Gasteiger partial charge on any atom is 0.307 e. The first-order chi connectivity index (χ1) is 7.19. The van der Waals surface area contributed by atoms with Crippen LogP contribution in [0.2, 0.25) is 0 Å². The van der Waals surface area contributed by atoms with Crippen LogP contribution in [0.25, 0.3) is 0 Å². The lowest BCUT2D eigenvalue weighted by atomic mass is 10.1. The lowest BCUT2D eigenvalue weighted by molar-refractivity contribution is -0.144. The second-order valence-corrected chi connectivity index (χ2v) is 4.30. The third kappa shape index (κ3) is 3.49. The molecule has 1 rings (SSSR count). The molecule has 1 saturated heterocycles. The van der Waals surface area contributed by atoms with Crippen molar-refractivity contribution in [1.82, 2.24) is 4.90 Å². The maximum absolute atomic E-state index is 11.4. The summed E-state index contributed by atoms with van der Waals surface area (Å²) in [5.74, 6) is -0.0632. The van der Waals surface area contributed by atoms with E-state index in [1.54, 1.807) is 0 Å². The molecule has 0 bridgehead atoms. The van der Waals surface area contributed by atoms with Gasteiger partial charge < -0.3 is 4.74 Å². The number of hydrogen-bond acceptors (Lipinski definition) is 3. The summed E-state index contributed by atoms with van der Waals surface area (Å²) in [6.07, 6.45) is 4.27. The van der Waals surface area contributed by atoms with Crippen molar-refractivity contribution in [2.45, 2.75) is 58.5 Å². The average Bonchev–Trinajstić information content (AvgIpc) is 2.65. The van der Waals surface area contributed by atoms with Crippen LogP contribution in [-0.2, 0) is 9.53 Å². The highest BCUT2D eigenvalue weighted by atomic mass is 16.5. The van der Waals surface area contributed by atoms with E-state index in [-0.39, 0.29) is 5.97 Å². The molecule has 15 heavy (non-hydrogen) atoms. The Labute approximate surface area is 92.8 Å². The molecule has 1 heterocycles. The first kappa shape index (κ1) is 12.5. The van der Waals surface area contributed by atoms with Crippen molar-refractivity contribution in [3.05, 3.63) is 0 Å². The van der Waals surface area contributed by atoms with E-state index in [2.05, 4.69) is 18.7 Å². The summed E-state index contributed by atoms with van der Waals surface area (Å²) in [6, 6.07) is 1.01. The van der Waals surface area contributed by atoms with Crippen LogP contribution in [0.1, 0.15) is 46.5 Å². The minimum absolute atomic E-state index is 0.0632. The highest BCUT2D eigenvalue weighted by Gasteiger charge is 2.28. The molecule has 1 aliphatic rings. The van der Waals surface area contributed by atoms with Crippen LogP contribution < -0.4 is 0 Å². The predicted octanol–water partition coefficient (Wildman–Crippen LogP) is 2.20. The van der Waals surface area contributed by atoms with Crippen LogP contribution in [0, 0.1) is 0 Å². The van der Waals surface area contributed by atoms with E-state index in [1.807, 2.05) is 6.92 Å². The monoisotopic (exact) mass is 213 g/mol. The number of likely N-dealkylation sites (tertiary alicyclic amines) is 1. The zero-order chi connectivity index (χ0) is 11.3. The van der Waals surface area contributed by atoms with Gasteiger partial charge in [0, 0.05) is 12.1 Å². The summed E-state index contributed by atoms with van der Waals surface area (Å²) in [5, 5.41) is 0. The van der Waals surface area contributed by atoms with Gasteiger partial charge in [0.25, 0.3) is 0 Å². The lowest BCUT2D eigenvalue weighted by Crippen LogP contribution is -2.38. The molecule has 2 atom stereocenters. The standard InChI is InChI=1S/C12H23NO2/c1-4-11-7-6-8-13(11)10(3)9-12(14)15-5-2/h10-11H,4-9H2,1-3H3. The van der Waals surface area contributed by atoms with Gasteiger partial charge in [0.2, 0.25) is 0 Å². The van der Waals surface area contributed by atoms with E-state index in [1.165, 1.54) is 19.3 Å². The second kappa shape index (κ2) is 6.11. The fraction of sp³-hybridized carbons (Fsp3) is 0.917. The van der Waals surface area contributed by atoms with Crippen molar-refractivity contribution >= 4 is 5.97 Å². The molecule has 0 aliphatic carbocycles. The van der Waals surface area contributed by atoms with Crippen molar-refractivity contribution in [1.29, 1.82) is 0 Å². The Bertz CT molecular complexity index is 206. The molecule has 0 aromatic carbocycles. The smallest absolute Gasteiger partial charge is 0.307 e. The van der Waals surface area contributed by atoms with Crippen LogP contribution in [0.4, 0.5) is 0 Å². The number of hydrogen-bond donors (Lipinski definition) is 0. The number of ether oxygens (including phenoxy) is 1. The molecule has 0 spiro atoms. The third-order valence-electron chi connectivity index (χ3n) is 3.23. The van der Waals surface area contributed by atoms with Gasteiger partial charge in [-0.1, -0.05) is 6.92 Å². The molecule has 88 valence electrons. The Morgan fingerprint density at radius 1 is 1.53 bits per heavy atom. The van der Waals surface area contributed by atoms with Gasteiger partial charge in [0.05, 0.1) is 13.0 Å². The summed E-state index contributed by atoms with van der Waals surface area (Å²) >= 11 is 0. The van der Waals surface area contributed by atoms with Crippen molar-refractivity contribution in [3.8, 4) is 0 Å². The van der Waals surface area contributed by atoms with E-state index < -0.39 is 0 Å². The summed E-state index contributed by atoms with van der Waals surface area (Å²) in [5.41, 5.74) is 0. The Hall–Kier alpha value is -0.570. The van der Waals surface area contributed by atoms with Gasteiger partial charge in [-0.3, -0.25) is 9.69 Å². The molecule has 2 unspecified atom stereocenters. The van der Waals surface area contributed by atoms with Crippen LogP contribution in [0.5, 0.6) is 0 Å². The number of carbonyl (C=O) groups is 1. The van der Waals surface area contributed by atoms with Gasteiger partial charge >= 0.3 is 5.97 Å². The van der Waals surface area contributed by atoms with Crippen LogP contribution in [0.3, 0.4) is 0 Å². The van der Waals surface area contributed by atoms with Crippen LogP contribution >= 0.6 is 0 Å². The van der Waals surface area contributed by atoms with Crippen molar-refractivity contribution in [2.24, 2.45) is 0 Å². The van der Waals surface area contributed by atoms with E-state index in [9.17, 15) is 4.79 Å². The highest BCUT2D eigenvalue weighted by Crippen LogP contribution is 2.23. The number of rotatable bonds is 5. The summed E-state index contributed by atoms with van der Waals surface area (Å²) in [4.78, 5) is 13.8. The molecule has 1 fully saturated rings. The van der Waals surface area contributed by atoms with Gasteiger partial charge in [0.15, 0.2) is 0 Å². The van der Waals surface area contributed by atoms with Gasteiger partial charge in [0.1, 0.15) is 0 Å². The molecule has 0 aromatic rings. The molecule has 0 N–H and O–H groups in total. The zero-order valence-electron chi connectivity index (χ0n) is 10.2. The van der Waals surface area contributed by atoms with Crippen molar-refractivity contribution in [2.75, 3.05) is 13.2 Å². The topological polar surface area (TPSA) is 29.5 Å². The van der Waals surface area contributed by atoms with Gasteiger partial charge in [-0.05, 0) is 39.7 Å². The quantitative estimate of drug-likeness (QED) is 0.656. The third-order valence-corrected chi connectivity index (χ3v) is 3.23. The van der Waals surface area contributed by atoms with Gasteiger partial charge in [-0.15, -0.1) is 0 Å². The highest BCUT2D eigenvalue weighted by molar-refractivity contribution is 5.70. The largest absolute Gasteiger partial charge is 0.466 e. The minimum atomic E-state index is -0.0632. The molecular formula is C12H23NO2. The van der Waals surface area contributed by atoms with Crippen LogP contribution in [0.15, 0.2) is 0 Å². The zero-order valence-corrected chi connectivity index (χ0v) is 10.2. The first-order valence-electron chi connectivity index (χ1n) is 6.10. The Morgan fingerprint density at radius 2 is 2.27 bits per heavy atom. The average molecular weight is 213 g/mol. The van der Waals surface area contributed by atoms with Crippen LogP contribution in [-0.4, -0.2) is 36.1 Å². The Morgan fingerprint density at radius 3 is 2.87 bits per heavy atom. The number of carbonyl (C=O) groups excluding carboxylic acids is 1. The molecule has 3 heteroatoms. The minimum Gasteiger partial charge on any atom is -0.466 e. The summed E-state index contributed by atoms with van der Waals surface area (Å²) in [6.45, 7) is 7.83. The van der Waals surface area contributed by atoms with E-state index in [4.69, 9.17) is 4.74 Å². The SMILES string of the molecule is CCOC(=O)CC(C)N1CCCC1CC. The Kier molecular flexibility index (Phi) is 5.09. The first-order valence-corrected chi connectivity index (χ1v) is 6.10. The van der Waals surface area contributed by atoms with Gasteiger partial charge in [-0.25, -0.2) is 0 Å². The van der Waals surface area contributed by atoms with Gasteiger partial charge in [-0.2, -0.15) is 0 Å².